The second kappa shape index (κ2) is 8.96. The Bertz CT molecular complexity index is 929. The van der Waals surface area contributed by atoms with E-state index in [0.717, 1.165) is 24.0 Å². The van der Waals surface area contributed by atoms with E-state index in [4.69, 9.17) is 32.7 Å². The highest BCUT2D eigenvalue weighted by Gasteiger charge is 2.50. The number of amides is 1. The van der Waals surface area contributed by atoms with Crippen molar-refractivity contribution < 1.29 is 19.1 Å². The van der Waals surface area contributed by atoms with Crippen LogP contribution in [-0.2, 0) is 19.1 Å². The van der Waals surface area contributed by atoms with Gasteiger partial charge in [-0.2, -0.15) is 0 Å². The van der Waals surface area contributed by atoms with Crippen LogP contribution in [0.3, 0.4) is 0 Å². The first-order chi connectivity index (χ1) is 14.5. The number of esters is 1. The minimum atomic E-state index is -0.635. The van der Waals surface area contributed by atoms with Crippen LogP contribution >= 0.6 is 23.2 Å². The summed E-state index contributed by atoms with van der Waals surface area (Å²) in [6.07, 6.45) is 1.31. The molecule has 0 radical (unpaired) electrons. The molecule has 5 nitrogen and oxygen atoms in total. The van der Waals surface area contributed by atoms with Crippen molar-refractivity contribution >= 4 is 35.1 Å². The maximum absolute atomic E-state index is 13.1. The molecule has 1 aliphatic carbocycles. The van der Waals surface area contributed by atoms with Gasteiger partial charge in [-0.25, -0.2) is 4.79 Å². The lowest BCUT2D eigenvalue weighted by atomic mass is 9.90. The van der Waals surface area contributed by atoms with Gasteiger partial charge in [-0.3, -0.25) is 4.79 Å². The maximum Gasteiger partial charge on any atom is 0.329 e. The maximum atomic E-state index is 13.1. The first kappa shape index (κ1) is 21.2. The molecule has 2 unspecified atom stereocenters. The summed E-state index contributed by atoms with van der Waals surface area (Å²) in [4.78, 5) is 27.7. The highest BCUT2D eigenvalue weighted by atomic mass is 35.5. The predicted molar refractivity (Wildman–Crippen MR) is 114 cm³/mol. The second-order valence-electron chi connectivity index (χ2n) is 7.62. The summed E-state index contributed by atoms with van der Waals surface area (Å²) in [6.45, 7) is 1.93. The molecule has 4 rings (SSSR count). The Kier molecular flexibility index (Phi) is 6.32. The van der Waals surface area contributed by atoms with Crippen LogP contribution in [0.25, 0.3) is 0 Å². The van der Waals surface area contributed by atoms with E-state index in [1.54, 1.807) is 30.0 Å². The number of benzene rings is 2. The molecule has 2 aliphatic rings. The zero-order valence-corrected chi connectivity index (χ0v) is 18.1. The third-order valence-electron chi connectivity index (χ3n) is 5.55. The van der Waals surface area contributed by atoms with Gasteiger partial charge < -0.3 is 14.4 Å². The molecular formula is C23H23Cl2NO4. The Morgan fingerprint density at radius 2 is 1.87 bits per heavy atom. The number of halogens is 2. The van der Waals surface area contributed by atoms with Crippen molar-refractivity contribution in [1.29, 1.82) is 0 Å². The monoisotopic (exact) mass is 447 g/mol. The van der Waals surface area contributed by atoms with Gasteiger partial charge >= 0.3 is 5.97 Å². The largest absolute Gasteiger partial charge is 0.464 e. The normalized spacial score (nSPS) is 22.6. The van der Waals surface area contributed by atoms with Crippen LogP contribution in [0.4, 0.5) is 0 Å². The standard InChI is InChI=1S/C23H23Cl2NO4/c1-2-29-23(28)21(15-6-7-15)26-19(27)13-30-22(16-4-3-5-18(25)12-16)20(26)14-8-10-17(24)11-9-14/h3-5,8-12,15,20-22H,2,6-7,13H2,1H3/t20?,21-,22?/m1/s1. The van der Waals surface area contributed by atoms with Gasteiger partial charge in [0, 0.05) is 10.0 Å². The molecule has 30 heavy (non-hydrogen) atoms. The van der Waals surface area contributed by atoms with E-state index in [2.05, 4.69) is 0 Å². The zero-order chi connectivity index (χ0) is 21.3. The van der Waals surface area contributed by atoms with Crippen LogP contribution in [0.1, 0.15) is 43.0 Å². The second-order valence-corrected chi connectivity index (χ2v) is 8.49. The number of hydrogen-bond donors (Lipinski definition) is 0. The summed E-state index contributed by atoms with van der Waals surface area (Å²) in [7, 11) is 0. The van der Waals surface area contributed by atoms with Crippen LogP contribution in [0.15, 0.2) is 48.5 Å². The van der Waals surface area contributed by atoms with Gasteiger partial charge in [0.05, 0.1) is 12.6 Å². The molecule has 1 amide bonds. The van der Waals surface area contributed by atoms with Crippen LogP contribution in [-0.4, -0.2) is 36.0 Å². The van der Waals surface area contributed by atoms with Crippen molar-refractivity contribution in [1.82, 2.24) is 4.90 Å². The summed E-state index contributed by atoms with van der Waals surface area (Å²) >= 11 is 12.3. The van der Waals surface area contributed by atoms with Crippen molar-refractivity contribution in [2.75, 3.05) is 13.2 Å². The molecular weight excluding hydrogens is 425 g/mol. The Hall–Kier alpha value is -2.08. The molecule has 7 heteroatoms. The third-order valence-corrected chi connectivity index (χ3v) is 6.03. The van der Waals surface area contributed by atoms with Crippen LogP contribution < -0.4 is 0 Å². The van der Waals surface area contributed by atoms with E-state index >= 15 is 0 Å². The molecule has 0 bridgehead atoms. The minimum Gasteiger partial charge on any atom is -0.464 e. The van der Waals surface area contributed by atoms with Crippen LogP contribution in [0.2, 0.25) is 10.0 Å². The fraction of sp³-hybridized carbons (Fsp3) is 0.391. The number of ether oxygens (including phenoxy) is 2. The minimum absolute atomic E-state index is 0.0981. The number of nitrogens with zero attached hydrogens (tertiary/aromatic N) is 1. The number of carbonyl (C=O) groups excluding carboxylic acids is 2. The summed E-state index contributed by atoms with van der Waals surface area (Å²) in [5.74, 6) is -0.488. The fourth-order valence-electron chi connectivity index (χ4n) is 4.09. The smallest absolute Gasteiger partial charge is 0.329 e. The Morgan fingerprint density at radius 1 is 1.13 bits per heavy atom. The zero-order valence-electron chi connectivity index (χ0n) is 16.6. The molecule has 2 fully saturated rings. The molecule has 1 saturated heterocycles. The molecule has 0 N–H and O–H groups in total. The molecule has 1 heterocycles. The van der Waals surface area contributed by atoms with Crippen molar-refractivity contribution in [3.63, 3.8) is 0 Å². The number of carbonyl (C=O) groups is 2. The molecule has 2 aromatic rings. The number of hydrogen-bond acceptors (Lipinski definition) is 4. The lowest BCUT2D eigenvalue weighted by molar-refractivity contribution is -0.174. The summed E-state index contributed by atoms with van der Waals surface area (Å²) in [5, 5.41) is 1.18. The lowest BCUT2D eigenvalue weighted by Crippen LogP contribution is -2.54. The van der Waals surface area contributed by atoms with Crippen LogP contribution in [0, 0.1) is 5.92 Å². The van der Waals surface area contributed by atoms with Gasteiger partial charge in [-0.15, -0.1) is 0 Å². The fourth-order valence-corrected chi connectivity index (χ4v) is 4.41. The van der Waals surface area contributed by atoms with Crippen LogP contribution in [0.5, 0.6) is 0 Å². The average molecular weight is 448 g/mol. The van der Waals surface area contributed by atoms with E-state index in [9.17, 15) is 9.59 Å². The van der Waals surface area contributed by atoms with Gasteiger partial charge in [-0.05, 0) is 61.1 Å². The molecule has 1 saturated carbocycles. The van der Waals surface area contributed by atoms with Crippen molar-refractivity contribution in [3.8, 4) is 0 Å². The molecule has 0 spiro atoms. The first-order valence-electron chi connectivity index (χ1n) is 10.1. The highest BCUT2D eigenvalue weighted by molar-refractivity contribution is 6.30. The van der Waals surface area contributed by atoms with Gasteiger partial charge in [0.25, 0.3) is 0 Å². The van der Waals surface area contributed by atoms with E-state index in [-0.39, 0.29) is 31.0 Å². The topological polar surface area (TPSA) is 55.8 Å². The van der Waals surface area contributed by atoms with E-state index in [1.807, 2.05) is 30.3 Å². The number of rotatable bonds is 6. The van der Waals surface area contributed by atoms with E-state index in [1.165, 1.54) is 0 Å². The molecule has 3 atom stereocenters. The Balaban J connectivity index is 1.81. The van der Waals surface area contributed by atoms with Crippen molar-refractivity contribution in [2.45, 2.75) is 38.0 Å². The predicted octanol–water partition coefficient (Wildman–Crippen LogP) is 4.98. The lowest BCUT2D eigenvalue weighted by Gasteiger charge is -2.44. The highest BCUT2D eigenvalue weighted by Crippen LogP contribution is 2.46. The third kappa shape index (κ3) is 4.34. The SMILES string of the molecule is CCOC(=O)[C@@H](C1CC1)N1C(=O)COC(c2cccc(Cl)c2)C1c1ccc(Cl)cc1. The Morgan fingerprint density at radius 3 is 2.50 bits per heavy atom. The van der Waals surface area contributed by atoms with Crippen molar-refractivity contribution in [3.05, 3.63) is 69.7 Å². The molecule has 0 aromatic heterocycles. The van der Waals surface area contributed by atoms with E-state index in [0.29, 0.717) is 10.0 Å². The van der Waals surface area contributed by atoms with Gasteiger partial charge in [0.1, 0.15) is 18.8 Å². The quantitative estimate of drug-likeness (QED) is 0.586. The Labute approximate surface area is 185 Å². The molecule has 1 aliphatic heterocycles. The summed E-state index contributed by atoms with van der Waals surface area (Å²) < 4.78 is 11.4. The molecule has 2 aromatic carbocycles. The summed E-state index contributed by atoms with van der Waals surface area (Å²) in [5.41, 5.74) is 1.69. The first-order valence-corrected chi connectivity index (χ1v) is 10.9. The number of morpholine rings is 1. The van der Waals surface area contributed by atoms with E-state index < -0.39 is 18.2 Å². The van der Waals surface area contributed by atoms with Gasteiger partial charge in [0.15, 0.2) is 0 Å². The average Bonchev–Trinajstić information content (AvgIpc) is 3.55. The molecule has 158 valence electrons. The van der Waals surface area contributed by atoms with Gasteiger partial charge in [0.2, 0.25) is 5.91 Å². The van der Waals surface area contributed by atoms with Crippen molar-refractivity contribution in [2.24, 2.45) is 5.92 Å². The van der Waals surface area contributed by atoms with Gasteiger partial charge in [-0.1, -0.05) is 47.5 Å². The summed E-state index contributed by atoms with van der Waals surface area (Å²) in [6, 6.07) is 13.6.